The second-order valence-corrected chi connectivity index (χ2v) is 7.87. The van der Waals surface area contributed by atoms with E-state index in [0.717, 1.165) is 34.1 Å². The molecule has 0 unspecified atom stereocenters. The number of anilines is 2. The summed E-state index contributed by atoms with van der Waals surface area (Å²) in [4.78, 5) is 30.9. The van der Waals surface area contributed by atoms with Crippen LogP contribution in [0.1, 0.15) is 5.56 Å². The van der Waals surface area contributed by atoms with E-state index in [2.05, 4.69) is 19.2 Å². The maximum atomic E-state index is 12.7. The van der Waals surface area contributed by atoms with Crippen molar-refractivity contribution in [1.82, 2.24) is 14.6 Å². The lowest BCUT2D eigenvalue weighted by atomic mass is 10.2. The molecule has 1 fully saturated rings. The van der Waals surface area contributed by atoms with Crippen LogP contribution in [-0.4, -0.2) is 50.2 Å². The second kappa shape index (κ2) is 8.39. The van der Waals surface area contributed by atoms with Crippen molar-refractivity contribution >= 4 is 33.5 Å². The number of pyridine rings is 1. The van der Waals surface area contributed by atoms with E-state index in [1.54, 1.807) is 0 Å². The zero-order valence-electron chi connectivity index (χ0n) is 15.9. The fourth-order valence-electron chi connectivity index (χ4n) is 2.78. The van der Waals surface area contributed by atoms with Crippen LogP contribution in [0.25, 0.3) is 0 Å². The highest BCUT2D eigenvalue weighted by atomic mass is 32.2. The molecule has 0 radical (unpaired) electrons. The van der Waals surface area contributed by atoms with E-state index in [0.29, 0.717) is 5.56 Å². The first-order chi connectivity index (χ1) is 14.5. The van der Waals surface area contributed by atoms with E-state index in [1.165, 1.54) is 25.5 Å². The summed E-state index contributed by atoms with van der Waals surface area (Å²) < 4.78 is 68.5. The van der Waals surface area contributed by atoms with Gasteiger partial charge in [0, 0.05) is 13.2 Å². The number of nitrogens with one attached hydrogen (secondary N) is 2. The minimum Gasteiger partial charge on any atom is -0.406 e. The van der Waals surface area contributed by atoms with Crippen LogP contribution in [0, 0.1) is 0 Å². The molecule has 1 aliphatic rings. The number of carbonyl (C=O) groups excluding carboxylic acids is 2. The Balaban J connectivity index is 1.77. The summed E-state index contributed by atoms with van der Waals surface area (Å²) in [6, 6.07) is 5.04. The van der Waals surface area contributed by atoms with Gasteiger partial charge < -0.3 is 9.64 Å². The normalized spacial score (nSPS) is 14.8. The van der Waals surface area contributed by atoms with Gasteiger partial charge in [-0.15, -0.1) is 13.2 Å². The van der Waals surface area contributed by atoms with Gasteiger partial charge in [-0.05, 0) is 35.9 Å². The molecule has 1 aliphatic heterocycles. The van der Waals surface area contributed by atoms with Crippen LogP contribution in [-0.2, 0) is 21.5 Å². The minimum atomic E-state index is -4.87. The number of carbonyl (C=O) groups is 2. The van der Waals surface area contributed by atoms with Crippen LogP contribution in [0.4, 0.5) is 29.3 Å². The summed E-state index contributed by atoms with van der Waals surface area (Å²) in [5.41, 5.74) is 0.563. The number of benzene rings is 1. The molecule has 1 aromatic carbocycles. The van der Waals surface area contributed by atoms with Gasteiger partial charge in [0.1, 0.15) is 12.3 Å². The summed E-state index contributed by atoms with van der Waals surface area (Å²) in [5.74, 6) is -1.09. The highest BCUT2D eigenvalue weighted by Crippen LogP contribution is 2.28. The molecule has 3 rings (SSSR count). The van der Waals surface area contributed by atoms with Crippen molar-refractivity contribution in [3.63, 3.8) is 0 Å². The van der Waals surface area contributed by atoms with Gasteiger partial charge in [-0.2, -0.15) is 8.42 Å². The van der Waals surface area contributed by atoms with Gasteiger partial charge in [0.25, 0.3) is 16.1 Å². The molecule has 3 amide bonds. The number of halogens is 3. The third-order valence-corrected chi connectivity index (χ3v) is 5.18. The van der Waals surface area contributed by atoms with Crippen molar-refractivity contribution in [2.75, 3.05) is 23.2 Å². The molecule has 1 saturated heterocycles. The van der Waals surface area contributed by atoms with E-state index < -0.39 is 34.3 Å². The van der Waals surface area contributed by atoms with Crippen molar-refractivity contribution in [2.45, 2.75) is 12.9 Å². The van der Waals surface area contributed by atoms with Crippen molar-refractivity contribution in [2.24, 2.45) is 0 Å². The molecule has 0 saturated carbocycles. The molecule has 14 heteroatoms. The number of rotatable bonds is 7. The average molecular weight is 459 g/mol. The lowest BCUT2D eigenvalue weighted by molar-refractivity contribution is -0.274. The van der Waals surface area contributed by atoms with E-state index >= 15 is 0 Å². The number of hydrogen-bond acceptors (Lipinski definition) is 6. The molecule has 2 aromatic rings. The van der Waals surface area contributed by atoms with Gasteiger partial charge in [0.15, 0.2) is 0 Å². The van der Waals surface area contributed by atoms with Gasteiger partial charge in [0.05, 0.1) is 24.1 Å². The Kier molecular flexibility index (Phi) is 6.03. The standard InChI is InChI=1S/C17H16F3N5O5S/c1-21-31(28,29)23-14-8-22-7-6-11(14)9-24-10-15(26)25(16(24)27)12-2-4-13(5-3-12)30-17(18,19)20/h2-8,21,23H,9-10H2,1H3. The van der Waals surface area contributed by atoms with Crippen molar-refractivity contribution < 1.29 is 35.9 Å². The van der Waals surface area contributed by atoms with Gasteiger partial charge >= 0.3 is 12.4 Å². The quantitative estimate of drug-likeness (QED) is 0.610. The minimum absolute atomic E-state index is 0.0675. The van der Waals surface area contributed by atoms with Crippen LogP contribution in [0.5, 0.6) is 5.75 Å². The number of ether oxygens (including phenoxy) is 1. The van der Waals surface area contributed by atoms with Gasteiger partial charge in [0.2, 0.25) is 0 Å². The zero-order valence-corrected chi connectivity index (χ0v) is 16.7. The number of alkyl halides is 3. The molecule has 0 spiro atoms. The number of imide groups is 1. The Bertz CT molecular complexity index is 1090. The van der Waals surface area contributed by atoms with Crippen LogP contribution in [0.3, 0.4) is 0 Å². The third kappa shape index (κ3) is 5.40. The van der Waals surface area contributed by atoms with E-state index in [-0.39, 0.29) is 24.5 Å². The number of hydrogen-bond donors (Lipinski definition) is 2. The molecule has 0 bridgehead atoms. The zero-order chi connectivity index (χ0) is 22.8. The summed E-state index contributed by atoms with van der Waals surface area (Å²) in [6.45, 7) is -0.416. The maximum absolute atomic E-state index is 12.7. The first-order valence-corrected chi connectivity index (χ1v) is 10.1. The molecular weight excluding hydrogens is 443 g/mol. The molecule has 2 N–H and O–H groups in total. The summed E-state index contributed by atoms with van der Waals surface area (Å²) >= 11 is 0. The largest absolute Gasteiger partial charge is 0.573 e. The molecule has 0 aliphatic carbocycles. The van der Waals surface area contributed by atoms with Crippen molar-refractivity contribution in [1.29, 1.82) is 0 Å². The molecular formula is C17H16F3N5O5S. The fraction of sp³-hybridized carbons (Fsp3) is 0.235. The van der Waals surface area contributed by atoms with Crippen LogP contribution < -0.4 is 19.1 Å². The third-order valence-electron chi connectivity index (χ3n) is 4.15. The number of amides is 3. The van der Waals surface area contributed by atoms with Crippen LogP contribution in [0.2, 0.25) is 0 Å². The Labute approximate surface area is 174 Å². The lowest BCUT2D eigenvalue weighted by Crippen LogP contribution is -2.33. The summed E-state index contributed by atoms with van der Waals surface area (Å²) in [5, 5.41) is 0. The SMILES string of the molecule is CNS(=O)(=O)Nc1cnccc1CN1CC(=O)N(c2ccc(OC(F)(F)F)cc2)C1=O. The molecule has 10 nitrogen and oxygen atoms in total. The summed E-state index contributed by atoms with van der Waals surface area (Å²) in [7, 11) is -2.62. The van der Waals surface area contributed by atoms with Gasteiger partial charge in [-0.3, -0.25) is 14.5 Å². The van der Waals surface area contributed by atoms with E-state index in [1.807, 2.05) is 0 Å². The van der Waals surface area contributed by atoms with E-state index in [9.17, 15) is 31.2 Å². The Morgan fingerprint density at radius 2 is 1.84 bits per heavy atom. The van der Waals surface area contributed by atoms with Gasteiger partial charge in [-0.1, -0.05) is 0 Å². The van der Waals surface area contributed by atoms with Crippen LogP contribution in [0.15, 0.2) is 42.7 Å². The molecule has 0 atom stereocenters. The van der Waals surface area contributed by atoms with Crippen molar-refractivity contribution in [3.8, 4) is 5.75 Å². The first kappa shape index (κ1) is 22.3. The van der Waals surface area contributed by atoms with Crippen LogP contribution >= 0.6 is 0 Å². The number of nitrogens with zero attached hydrogens (tertiary/aromatic N) is 3. The highest BCUT2D eigenvalue weighted by Gasteiger charge is 2.37. The highest BCUT2D eigenvalue weighted by molar-refractivity contribution is 7.90. The lowest BCUT2D eigenvalue weighted by Gasteiger charge is -2.19. The Morgan fingerprint density at radius 1 is 1.16 bits per heavy atom. The molecule has 2 heterocycles. The average Bonchev–Trinajstić information content (AvgIpc) is 2.96. The smallest absolute Gasteiger partial charge is 0.406 e. The monoisotopic (exact) mass is 459 g/mol. The molecule has 1 aromatic heterocycles. The number of urea groups is 1. The molecule has 166 valence electrons. The van der Waals surface area contributed by atoms with Crippen molar-refractivity contribution in [3.05, 3.63) is 48.3 Å². The Hall–Kier alpha value is -3.39. The Morgan fingerprint density at radius 3 is 2.45 bits per heavy atom. The number of aromatic nitrogens is 1. The molecule has 31 heavy (non-hydrogen) atoms. The predicted octanol–water partition coefficient (Wildman–Crippen LogP) is 1.83. The van der Waals surface area contributed by atoms with E-state index in [4.69, 9.17) is 0 Å². The predicted molar refractivity (Wildman–Crippen MR) is 102 cm³/mol. The fourth-order valence-corrected chi connectivity index (χ4v) is 3.35. The summed E-state index contributed by atoms with van der Waals surface area (Å²) in [6.07, 6.45) is -2.22. The van der Waals surface area contributed by atoms with Gasteiger partial charge in [-0.25, -0.2) is 14.4 Å². The topological polar surface area (TPSA) is 121 Å². The maximum Gasteiger partial charge on any atom is 0.573 e. The first-order valence-electron chi connectivity index (χ1n) is 8.61. The second-order valence-electron chi connectivity index (χ2n) is 6.25.